The van der Waals surface area contributed by atoms with Gasteiger partial charge >= 0.3 is 0 Å². The lowest BCUT2D eigenvalue weighted by Crippen LogP contribution is -2.25. The number of rotatable bonds is 3. The Morgan fingerprint density at radius 2 is 1.88 bits per heavy atom. The molecule has 0 bridgehead atoms. The fourth-order valence-corrected chi connectivity index (χ4v) is 2.64. The predicted molar refractivity (Wildman–Crippen MR) is 98.7 cm³/mol. The van der Waals surface area contributed by atoms with Crippen molar-refractivity contribution in [2.45, 2.75) is 6.42 Å². The Bertz CT molecular complexity index is 800. The lowest BCUT2D eigenvalue weighted by Gasteiger charge is -2.17. The molecule has 2 amide bonds. The molecule has 0 atom stereocenters. The zero-order valence-corrected chi connectivity index (χ0v) is 14.6. The summed E-state index contributed by atoms with van der Waals surface area (Å²) in [6, 6.07) is 12.7. The van der Waals surface area contributed by atoms with Gasteiger partial charge in [-0.3, -0.25) is 9.59 Å². The normalized spacial score (nSPS) is 13.6. The number of anilines is 3. The van der Waals surface area contributed by atoms with Crippen molar-refractivity contribution < 1.29 is 14.3 Å². The maximum Gasteiger partial charge on any atom is 0.255 e. The van der Waals surface area contributed by atoms with Crippen molar-refractivity contribution in [2.24, 2.45) is 0 Å². The maximum absolute atomic E-state index is 12.4. The van der Waals surface area contributed by atoms with Gasteiger partial charge in [0.15, 0.2) is 0 Å². The first-order chi connectivity index (χ1) is 12.0. The Balaban J connectivity index is 1.80. The van der Waals surface area contributed by atoms with Crippen LogP contribution in [0.3, 0.4) is 0 Å². The number of nitrogens with one attached hydrogen (secondary N) is 1. The monoisotopic (exact) mass is 339 g/mol. The molecule has 0 spiro atoms. The molecule has 6 nitrogen and oxygen atoms in total. The van der Waals surface area contributed by atoms with E-state index in [1.165, 1.54) is 0 Å². The summed E-state index contributed by atoms with van der Waals surface area (Å²) in [6.07, 6.45) is 0.338. The summed E-state index contributed by atoms with van der Waals surface area (Å²) in [5.74, 6) is 0.428. The first-order valence-corrected chi connectivity index (χ1v) is 8.08. The molecule has 3 rings (SSSR count). The summed E-state index contributed by atoms with van der Waals surface area (Å²) in [7, 11) is 5.61. The molecule has 0 radical (unpaired) electrons. The molecule has 1 aliphatic rings. The number of fused-ring (bicyclic) bond motifs is 1. The van der Waals surface area contributed by atoms with Crippen molar-refractivity contribution >= 4 is 28.9 Å². The Morgan fingerprint density at radius 1 is 1.16 bits per heavy atom. The van der Waals surface area contributed by atoms with Crippen LogP contribution in [-0.4, -0.2) is 39.6 Å². The van der Waals surface area contributed by atoms with Crippen molar-refractivity contribution in [3.05, 3.63) is 48.0 Å². The number of carbonyl (C=O) groups is 2. The molecule has 2 aromatic carbocycles. The van der Waals surface area contributed by atoms with Gasteiger partial charge in [-0.1, -0.05) is 0 Å². The van der Waals surface area contributed by atoms with Crippen LogP contribution in [0.15, 0.2) is 42.5 Å². The fraction of sp³-hybridized carbons (Fsp3) is 0.263. The Labute approximate surface area is 147 Å². The number of amides is 2. The van der Waals surface area contributed by atoms with Gasteiger partial charge in [0.2, 0.25) is 5.91 Å². The number of ether oxygens (including phenoxy) is 1. The van der Waals surface area contributed by atoms with E-state index in [1.807, 2.05) is 31.1 Å². The summed E-state index contributed by atoms with van der Waals surface area (Å²) in [6.45, 7) is 0.361. The first-order valence-electron chi connectivity index (χ1n) is 8.08. The van der Waals surface area contributed by atoms with Crippen LogP contribution in [0.25, 0.3) is 0 Å². The second-order valence-corrected chi connectivity index (χ2v) is 6.13. The van der Waals surface area contributed by atoms with E-state index in [0.717, 1.165) is 5.69 Å². The molecule has 0 saturated carbocycles. The Hall–Kier alpha value is -3.02. The number of hydrogen-bond acceptors (Lipinski definition) is 4. The molecule has 0 saturated heterocycles. The molecule has 0 fully saturated rings. The summed E-state index contributed by atoms with van der Waals surface area (Å²) in [5, 5.41) is 2.87. The molecule has 1 heterocycles. The van der Waals surface area contributed by atoms with E-state index < -0.39 is 0 Å². The minimum absolute atomic E-state index is 0.0125. The number of carbonyl (C=O) groups excluding carboxylic acids is 2. The van der Waals surface area contributed by atoms with Gasteiger partial charge < -0.3 is 19.9 Å². The molecule has 0 unspecified atom stereocenters. The van der Waals surface area contributed by atoms with Crippen molar-refractivity contribution in [3.8, 4) is 5.75 Å². The zero-order valence-electron chi connectivity index (χ0n) is 14.6. The Morgan fingerprint density at radius 3 is 2.56 bits per heavy atom. The molecule has 2 aromatic rings. The summed E-state index contributed by atoms with van der Waals surface area (Å²) in [4.78, 5) is 27.9. The van der Waals surface area contributed by atoms with Gasteiger partial charge in [0.25, 0.3) is 5.91 Å². The van der Waals surface area contributed by atoms with Crippen LogP contribution < -0.4 is 19.9 Å². The number of hydrogen-bond donors (Lipinski definition) is 1. The Kier molecular flexibility index (Phi) is 4.61. The average Bonchev–Trinajstić information content (AvgIpc) is 2.74. The highest BCUT2D eigenvalue weighted by molar-refractivity contribution is 6.05. The van der Waals surface area contributed by atoms with Crippen LogP contribution in [-0.2, 0) is 4.79 Å². The molecule has 130 valence electrons. The molecule has 25 heavy (non-hydrogen) atoms. The third-order valence-electron chi connectivity index (χ3n) is 4.17. The second-order valence-electron chi connectivity index (χ2n) is 6.13. The molecular formula is C19H21N3O3. The quantitative estimate of drug-likeness (QED) is 0.934. The van der Waals surface area contributed by atoms with Crippen LogP contribution in [0.1, 0.15) is 16.8 Å². The van der Waals surface area contributed by atoms with Gasteiger partial charge in [-0.15, -0.1) is 0 Å². The van der Waals surface area contributed by atoms with E-state index in [4.69, 9.17) is 4.74 Å². The number of benzene rings is 2. The van der Waals surface area contributed by atoms with Gasteiger partial charge in [0, 0.05) is 38.1 Å². The van der Waals surface area contributed by atoms with Gasteiger partial charge in [-0.25, -0.2) is 0 Å². The molecule has 0 aliphatic carbocycles. The predicted octanol–water partition coefficient (Wildman–Crippen LogP) is 2.75. The van der Waals surface area contributed by atoms with Gasteiger partial charge in [-0.05, 0) is 42.5 Å². The highest BCUT2D eigenvalue weighted by Gasteiger charge is 2.20. The molecule has 1 aliphatic heterocycles. The highest BCUT2D eigenvalue weighted by atomic mass is 16.5. The van der Waals surface area contributed by atoms with E-state index in [-0.39, 0.29) is 11.8 Å². The third kappa shape index (κ3) is 3.57. The molecule has 1 N–H and O–H groups in total. The SMILES string of the molecule is CN(C)c1ccc(C(=O)Nc2ccc3c(c2)N(C)C(=O)CCO3)cc1. The summed E-state index contributed by atoms with van der Waals surface area (Å²) >= 11 is 0. The molecule has 6 heteroatoms. The van der Waals surface area contributed by atoms with E-state index in [9.17, 15) is 9.59 Å². The van der Waals surface area contributed by atoms with Crippen molar-refractivity contribution in [1.82, 2.24) is 0 Å². The van der Waals surface area contributed by atoms with Crippen molar-refractivity contribution in [1.29, 1.82) is 0 Å². The average molecular weight is 339 g/mol. The summed E-state index contributed by atoms with van der Waals surface area (Å²) in [5.41, 5.74) is 2.87. The lowest BCUT2D eigenvalue weighted by atomic mass is 10.1. The van der Waals surface area contributed by atoms with Gasteiger partial charge in [-0.2, -0.15) is 0 Å². The van der Waals surface area contributed by atoms with Crippen molar-refractivity contribution in [2.75, 3.05) is 42.9 Å². The maximum atomic E-state index is 12.4. The lowest BCUT2D eigenvalue weighted by molar-refractivity contribution is -0.118. The summed E-state index contributed by atoms with van der Waals surface area (Å²) < 4.78 is 5.59. The van der Waals surface area contributed by atoms with E-state index in [0.29, 0.717) is 35.7 Å². The van der Waals surface area contributed by atoms with Crippen LogP contribution in [0.2, 0.25) is 0 Å². The van der Waals surface area contributed by atoms with E-state index in [1.54, 1.807) is 42.3 Å². The zero-order chi connectivity index (χ0) is 18.0. The van der Waals surface area contributed by atoms with Crippen LogP contribution in [0.5, 0.6) is 5.75 Å². The van der Waals surface area contributed by atoms with E-state index >= 15 is 0 Å². The third-order valence-corrected chi connectivity index (χ3v) is 4.17. The highest BCUT2D eigenvalue weighted by Crippen LogP contribution is 2.33. The number of nitrogens with zero attached hydrogens (tertiary/aromatic N) is 2. The van der Waals surface area contributed by atoms with Gasteiger partial charge in [0.1, 0.15) is 5.75 Å². The topological polar surface area (TPSA) is 61.9 Å². The second kappa shape index (κ2) is 6.84. The van der Waals surface area contributed by atoms with Crippen LogP contribution in [0, 0.1) is 0 Å². The van der Waals surface area contributed by atoms with Crippen LogP contribution >= 0.6 is 0 Å². The smallest absolute Gasteiger partial charge is 0.255 e. The standard InChI is InChI=1S/C19H21N3O3/c1-21(2)15-7-4-13(5-8-15)19(24)20-14-6-9-17-16(12-14)22(3)18(23)10-11-25-17/h4-9,12H,10-11H2,1-3H3,(H,20,24). The minimum Gasteiger partial charge on any atom is -0.491 e. The first kappa shape index (κ1) is 16.8. The molecule has 0 aromatic heterocycles. The fourth-order valence-electron chi connectivity index (χ4n) is 2.64. The molecular weight excluding hydrogens is 318 g/mol. The van der Waals surface area contributed by atoms with Crippen molar-refractivity contribution in [3.63, 3.8) is 0 Å². The minimum atomic E-state index is -0.200. The largest absolute Gasteiger partial charge is 0.491 e. The van der Waals surface area contributed by atoms with Crippen LogP contribution in [0.4, 0.5) is 17.1 Å². The van der Waals surface area contributed by atoms with Gasteiger partial charge in [0.05, 0.1) is 18.7 Å². The van der Waals surface area contributed by atoms with E-state index in [2.05, 4.69) is 5.32 Å².